The van der Waals surface area contributed by atoms with Crippen molar-refractivity contribution in [3.8, 4) is 11.5 Å². The van der Waals surface area contributed by atoms with Gasteiger partial charge in [-0.15, -0.1) is 0 Å². The number of fused-ring (bicyclic) bond motifs is 1. The van der Waals surface area contributed by atoms with Gasteiger partial charge in [-0.3, -0.25) is 9.59 Å². The second kappa shape index (κ2) is 7.04. The molecule has 2 aromatic rings. The molecule has 0 amide bonds. The van der Waals surface area contributed by atoms with Crippen LogP contribution in [0.2, 0.25) is 0 Å². The van der Waals surface area contributed by atoms with Gasteiger partial charge in [0.2, 0.25) is 0 Å². The van der Waals surface area contributed by atoms with Crippen molar-refractivity contribution in [2.75, 3.05) is 13.6 Å². The minimum atomic E-state index is -0.460. The molecule has 22 heavy (non-hydrogen) atoms. The number of esters is 2. The Hall–Kier alpha value is -2.40. The van der Waals surface area contributed by atoms with Gasteiger partial charge in [0.15, 0.2) is 11.5 Å². The van der Waals surface area contributed by atoms with Crippen LogP contribution >= 0.6 is 0 Å². The average molecular weight is 301 g/mol. The normalized spacial score (nSPS) is 10.5. The molecule has 5 nitrogen and oxygen atoms in total. The van der Waals surface area contributed by atoms with Crippen LogP contribution in [0.25, 0.3) is 10.8 Å². The molecule has 0 aliphatic heterocycles. The molecule has 0 saturated heterocycles. The topological polar surface area (TPSA) is 64.6 Å². The molecule has 0 unspecified atom stereocenters. The molecule has 0 radical (unpaired) electrons. The number of ether oxygens (including phenoxy) is 2. The van der Waals surface area contributed by atoms with Crippen LogP contribution in [0.1, 0.15) is 19.4 Å². The predicted molar refractivity (Wildman–Crippen MR) is 84.2 cm³/mol. The van der Waals surface area contributed by atoms with Crippen LogP contribution in [0.15, 0.2) is 30.3 Å². The van der Waals surface area contributed by atoms with E-state index in [1.165, 1.54) is 19.4 Å². The Kier molecular flexibility index (Phi) is 5.12. The van der Waals surface area contributed by atoms with Gasteiger partial charge in [0, 0.05) is 13.8 Å². The fourth-order valence-corrected chi connectivity index (χ4v) is 2.20. The maximum atomic E-state index is 11.2. The summed E-state index contributed by atoms with van der Waals surface area (Å²) in [6.45, 7) is 3.50. The smallest absolute Gasteiger partial charge is 0.308 e. The van der Waals surface area contributed by atoms with Crippen LogP contribution < -0.4 is 14.8 Å². The third kappa shape index (κ3) is 4.05. The molecule has 0 aliphatic carbocycles. The van der Waals surface area contributed by atoms with E-state index in [0.29, 0.717) is 0 Å². The van der Waals surface area contributed by atoms with Crippen LogP contribution in [0, 0.1) is 0 Å². The first-order valence-electron chi connectivity index (χ1n) is 7.07. The average Bonchev–Trinajstić information content (AvgIpc) is 2.44. The Morgan fingerprint density at radius 3 is 2.09 bits per heavy atom. The van der Waals surface area contributed by atoms with E-state index in [-0.39, 0.29) is 11.5 Å². The van der Waals surface area contributed by atoms with E-state index in [1.807, 2.05) is 25.2 Å². The van der Waals surface area contributed by atoms with E-state index < -0.39 is 11.9 Å². The summed E-state index contributed by atoms with van der Waals surface area (Å²) in [5, 5.41) is 4.95. The van der Waals surface area contributed by atoms with E-state index in [4.69, 9.17) is 9.47 Å². The zero-order valence-corrected chi connectivity index (χ0v) is 12.9. The molecule has 0 fully saturated rings. The summed E-state index contributed by atoms with van der Waals surface area (Å²) in [5.74, 6) is -0.420. The summed E-state index contributed by atoms with van der Waals surface area (Å²) in [5.41, 5.74) is 1.18. The fourth-order valence-electron chi connectivity index (χ4n) is 2.20. The van der Waals surface area contributed by atoms with E-state index in [9.17, 15) is 9.59 Å². The second-order valence-electron chi connectivity index (χ2n) is 5.02. The van der Waals surface area contributed by atoms with Gasteiger partial charge < -0.3 is 14.8 Å². The summed E-state index contributed by atoms with van der Waals surface area (Å²) in [6, 6.07) is 9.46. The zero-order valence-electron chi connectivity index (χ0n) is 12.9. The van der Waals surface area contributed by atoms with E-state index in [1.54, 1.807) is 12.1 Å². The molecule has 2 rings (SSSR count). The van der Waals surface area contributed by atoms with Gasteiger partial charge in [-0.05, 0) is 48.5 Å². The molecule has 0 bridgehead atoms. The van der Waals surface area contributed by atoms with Crippen molar-refractivity contribution in [2.45, 2.75) is 20.3 Å². The molecule has 0 aliphatic rings. The number of likely N-dealkylation sites (N-methyl/N-ethyl adjacent to an activating group) is 1. The summed E-state index contributed by atoms with van der Waals surface area (Å²) >= 11 is 0. The van der Waals surface area contributed by atoms with Gasteiger partial charge in [0.05, 0.1) is 0 Å². The Morgan fingerprint density at radius 2 is 1.55 bits per heavy atom. The lowest BCUT2D eigenvalue weighted by molar-refractivity contribution is -0.134. The Balaban J connectivity index is 2.45. The van der Waals surface area contributed by atoms with Gasteiger partial charge in [-0.2, -0.15) is 0 Å². The lowest BCUT2D eigenvalue weighted by Gasteiger charge is -2.11. The molecule has 0 spiro atoms. The highest BCUT2D eigenvalue weighted by molar-refractivity contribution is 5.88. The van der Waals surface area contributed by atoms with E-state index >= 15 is 0 Å². The summed E-state index contributed by atoms with van der Waals surface area (Å²) < 4.78 is 10.3. The lowest BCUT2D eigenvalue weighted by Crippen LogP contribution is -2.10. The van der Waals surface area contributed by atoms with E-state index in [2.05, 4.69) is 5.32 Å². The van der Waals surface area contributed by atoms with Crippen LogP contribution in [0.4, 0.5) is 0 Å². The summed E-state index contributed by atoms with van der Waals surface area (Å²) in [7, 11) is 1.91. The van der Waals surface area contributed by atoms with Crippen molar-refractivity contribution in [3.63, 3.8) is 0 Å². The molecular weight excluding hydrogens is 282 g/mol. The van der Waals surface area contributed by atoms with Crippen molar-refractivity contribution < 1.29 is 19.1 Å². The van der Waals surface area contributed by atoms with Crippen molar-refractivity contribution >= 4 is 22.7 Å². The number of hydrogen-bond acceptors (Lipinski definition) is 5. The van der Waals surface area contributed by atoms with Gasteiger partial charge in [-0.25, -0.2) is 0 Å². The molecule has 116 valence electrons. The first-order chi connectivity index (χ1) is 10.5. The quantitative estimate of drug-likeness (QED) is 0.679. The largest absolute Gasteiger partial charge is 0.423 e. The minimum Gasteiger partial charge on any atom is -0.423 e. The van der Waals surface area contributed by atoms with Gasteiger partial charge in [-0.1, -0.05) is 18.2 Å². The number of carbonyl (C=O) groups is 2. The van der Waals surface area contributed by atoms with Crippen LogP contribution in [0.3, 0.4) is 0 Å². The highest BCUT2D eigenvalue weighted by Crippen LogP contribution is 2.33. The van der Waals surface area contributed by atoms with Gasteiger partial charge in [0.25, 0.3) is 0 Å². The first kappa shape index (κ1) is 16.0. The second-order valence-corrected chi connectivity index (χ2v) is 5.02. The Morgan fingerprint density at radius 1 is 0.955 bits per heavy atom. The van der Waals surface area contributed by atoms with Crippen LogP contribution in [-0.2, 0) is 16.0 Å². The molecule has 1 N–H and O–H groups in total. The molecule has 0 heterocycles. The highest BCUT2D eigenvalue weighted by atomic mass is 16.6. The molecule has 0 saturated carbocycles. The monoisotopic (exact) mass is 301 g/mol. The minimum absolute atomic E-state index is 0.248. The Labute approximate surface area is 129 Å². The van der Waals surface area contributed by atoms with Crippen molar-refractivity contribution in [3.05, 3.63) is 35.9 Å². The number of benzene rings is 2. The number of rotatable bonds is 5. The molecule has 0 aromatic heterocycles. The molecular formula is C17H19NO4. The zero-order chi connectivity index (χ0) is 16.1. The predicted octanol–water partition coefficient (Wildman–Crippen LogP) is 2.45. The maximum absolute atomic E-state index is 11.2. The van der Waals surface area contributed by atoms with Crippen molar-refractivity contribution in [1.82, 2.24) is 5.32 Å². The summed E-state index contributed by atoms with van der Waals surface area (Å²) in [6.07, 6.45) is 0.904. The van der Waals surface area contributed by atoms with Crippen molar-refractivity contribution in [2.24, 2.45) is 0 Å². The van der Waals surface area contributed by atoms with Gasteiger partial charge >= 0.3 is 11.9 Å². The van der Waals surface area contributed by atoms with E-state index in [0.717, 1.165) is 23.7 Å². The SMILES string of the molecule is CNCCc1ccc2cc(OC(C)=O)c(OC(C)=O)cc2c1. The lowest BCUT2D eigenvalue weighted by atomic mass is 10.0. The number of hydrogen-bond donors (Lipinski definition) is 1. The first-order valence-corrected chi connectivity index (χ1v) is 7.07. The third-order valence-corrected chi connectivity index (χ3v) is 3.14. The fraction of sp³-hybridized carbons (Fsp3) is 0.294. The van der Waals surface area contributed by atoms with Crippen LogP contribution in [-0.4, -0.2) is 25.5 Å². The number of carbonyl (C=O) groups excluding carboxylic acids is 2. The van der Waals surface area contributed by atoms with Crippen molar-refractivity contribution in [1.29, 1.82) is 0 Å². The number of nitrogens with one attached hydrogen (secondary N) is 1. The molecule has 0 atom stereocenters. The van der Waals surface area contributed by atoms with Crippen LogP contribution in [0.5, 0.6) is 11.5 Å². The summed E-state index contributed by atoms with van der Waals surface area (Å²) in [4.78, 5) is 22.4. The standard InChI is InChI=1S/C17H19NO4/c1-11(19)21-16-9-14-5-4-13(6-7-18-3)8-15(14)10-17(16)22-12(2)20/h4-5,8-10,18H,6-7H2,1-3H3. The maximum Gasteiger partial charge on any atom is 0.308 e. The third-order valence-electron chi connectivity index (χ3n) is 3.14. The Bertz CT molecular complexity index is 709. The molecule has 2 aromatic carbocycles. The van der Waals surface area contributed by atoms with Gasteiger partial charge in [0.1, 0.15) is 0 Å². The molecule has 5 heteroatoms. The highest BCUT2D eigenvalue weighted by Gasteiger charge is 2.12.